The first kappa shape index (κ1) is 6.72. The second-order valence-electron chi connectivity index (χ2n) is 1.82. The van der Waals surface area contributed by atoms with Crippen molar-refractivity contribution < 1.29 is 0 Å². The summed E-state index contributed by atoms with van der Waals surface area (Å²) in [7, 11) is 0. The average Bonchev–Trinajstić information content (AvgIpc) is 2.05. The highest BCUT2D eigenvalue weighted by Gasteiger charge is 1.99. The lowest BCUT2D eigenvalue weighted by Crippen LogP contribution is -2.07. The van der Waals surface area contributed by atoms with Crippen molar-refractivity contribution in [2.45, 2.75) is 6.04 Å². The first-order chi connectivity index (χ1) is 4.84. The van der Waals surface area contributed by atoms with E-state index in [1.54, 1.807) is 12.4 Å². The van der Waals surface area contributed by atoms with Crippen LogP contribution in [0.15, 0.2) is 18.7 Å². The summed E-state index contributed by atoms with van der Waals surface area (Å²) in [4.78, 5) is 7.53. The third kappa shape index (κ3) is 1.30. The van der Waals surface area contributed by atoms with Crippen molar-refractivity contribution in [2.75, 3.05) is 0 Å². The molecule has 0 radical (unpaired) electrons. The number of aromatic nitrogens is 2. The minimum atomic E-state index is -0.388. The number of rotatable bonds is 1. The van der Waals surface area contributed by atoms with Crippen molar-refractivity contribution in [3.63, 3.8) is 0 Å². The Morgan fingerprint density at radius 3 is 2.60 bits per heavy atom. The largest absolute Gasteiger partial charge is 0.314 e. The summed E-state index contributed by atoms with van der Waals surface area (Å²) in [6.45, 7) is 0. The number of hydrogen-bond acceptors (Lipinski definition) is 3. The summed E-state index contributed by atoms with van der Waals surface area (Å²) in [5.74, 6) is 2.38. The van der Waals surface area contributed by atoms with E-state index in [0.717, 1.165) is 5.56 Å². The zero-order valence-corrected chi connectivity index (χ0v) is 5.36. The van der Waals surface area contributed by atoms with Crippen LogP contribution in [-0.2, 0) is 0 Å². The van der Waals surface area contributed by atoms with Gasteiger partial charge in [-0.15, -0.1) is 6.42 Å². The molecule has 0 bridgehead atoms. The Bertz CT molecular complexity index is 237. The van der Waals surface area contributed by atoms with E-state index in [9.17, 15) is 0 Å². The predicted octanol–water partition coefficient (Wildman–Crippen LogP) is 0.110. The Balaban J connectivity index is 2.88. The second kappa shape index (κ2) is 2.95. The van der Waals surface area contributed by atoms with Gasteiger partial charge in [0.05, 0.1) is 6.04 Å². The van der Waals surface area contributed by atoms with Gasteiger partial charge in [0.15, 0.2) is 0 Å². The number of terminal acetylenes is 1. The van der Waals surface area contributed by atoms with Crippen LogP contribution in [0.25, 0.3) is 0 Å². The van der Waals surface area contributed by atoms with Crippen LogP contribution < -0.4 is 5.73 Å². The van der Waals surface area contributed by atoms with E-state index in [1.807, 2.05) is 0 Å². The monoisotopic (exact) mass is 133 g/mol. The van der Waals surface area contributed by atoms with E-state index in [4.69, 9.17) is 12.2 Å². The smallest absolute Gasteiger partial charge is 0.115 e. The van der Waals surface area contributed by atoms with Crippen molar-refractivity contribution in [1.29, 1.82) is 0 Å². The van der Waals surface area contributed by atoms with Crippen molar-refractivity contribution in [2.24, 2.45) is 5.73 Å². The van der Waals surface area contributed by atoms with Crippen LogP contribution in [0.5, 0.6) is 0 Å². The molecule has 1 unspecified atom stereocenters. The van der Waals surface area contributed by atoms with E-state index < -0.39 is 0 Å². The Labute approximate surface area is 59.3 Å². The molecule has 0 aliphatic rings. The summed E-state index contributed by atoms with van der Waals surface area (Å²) in [6.07, 6.45) is 9.73. The molecule has 0 fully saturated rings. The van der Waals surface area contributed by atoms with Crippen LogP contribution in [0.2, 0.25) is 0 Å². The van der Waals surface area contributed by atoms with Crippen molar-refractivity contribution in [3.05, 3.63) is 24.3 Å². The second-order valence-corrected chi connectivity index (χ2v) is 1.82. The van der Waals surface area contributed by atoms with Crippen LogP contribution in [-0.4, -0.2) is 9.97 Å². The molecule has 1 heterocycles. The lowest BCUT2D eigenvalue weighted by Gasteiger charge is -2.00. The maximum Gasteiger partial charge on any atom is 0.115 e. The van der Waals surface area contributed by atoms with Gasteiger partial charge in [-0.05, 0) is 0 Å². The van der Waals surface area contributed by atoms with Crippen LogP contribution in [0.4, 0.5) is 0 Å². The zero-order chi connectivity index (χ0) is 7.40. The molecule has 1 rings (SSSR count). The number of hydrogen-bond donors (Lipinski definition) is 1. The molecule has 0 aliphatic carbocycles. The quantitative estimate of drug-likeness (QED) is 0.553. The predicted molar refractivity (Wildman–Crippen MR) is 37.8 cm³/mol. The molecule has 0 aliphatic heterocycles. The molecule has 0 amide bonds. The van der Waals surface area contributed by atoms with Gasteiger partial charge in [0.2, 0.25) is 0 Å². The third-order valence-electron chi connectivity index (χ3n) is 1.12. The summed E-state index contributed by atoms with van der Waals surface area (Å²) in [6, 6.07) is -0.388. The minimum absolute atomic E-state index is 0.388. The normalized spacial score (nSPS) is 12.0. The highest BCUT2D eigenvalue weighted by Crippen LogP contribution is 2.03. The van der Waals surface area contributed by atoms with E-state index in [1.165, 1.54) is 6.33 Å². The van der Waals surface area contributed by atoms with Crippen LogP contribution in [0.1, 0.15) is 11.6 Å². The third-order valence-corrected chi connectivity index (χ3v) is 1.12. The van der Waals surface area contributed by atoms with E-state index in [0.29, 0.717) is 0 Å². The molecule has 0 spiro atoms. The van der Waals surface area contributed by atoms with Gasteiger partial charge < -0.3 is 5.73 Å². The summed E-state index contributed by atoms with van der Waals surface area (Å²) in [5, 5.41) is 0. The Morgan fingerprint density at radius 1 is 1.50 bits per heavy atom. The summed E-state index contributed by atoms with van der Waals surface area (Å²) in [5.41, 5.74) is 6.25. The number of nitrogens with two attached hydrogens (primary N) is 1. The minimum Gasteiger partial charge on any atom is -0.314 e. The fraction of sp³-hybridized carbons (Fsp3) is 0.143. The van der Waals surface area contributed by atoms with Gasteiger partial charge in [-0.2, -0.15) is 0 Å². The first-order valence-electron chi connectivity index (χ1n) is 2.81. The lowest BCUT2D eigenvalue weighted by atomic mass is 10.2. The Morgan fingerprint density at radius 2 is 2.10 bits per heavy atom. The fourth-order valence-electron chi connectivity index (χ4n) is 0.567. The molecule has 10 heavy (non-hydrogen) atoms. The van der Waals surface area contributed by atoms with Gasteiger partial charge in [0.25, 0.3) is 0 Å². The number of nitrogens with zero attached hydrogens (tertiary/aromatic N) is 2. The molecule has 2 N–H and O–H groups in total. The molecule has 1 atom stereocenters. The molecular formula is C7H7N3. The summed E-state index contributed by atoms with van der Waals surface area (Å²) >= 11 is 0. The Kier molecular flexibility index (Phi) is 1.98. The van der Waals surface area contributed by atoms with E-state index in [-0.39, 0.29) is 6.04 Å². The van der Waals surface area contributed by atoms with Gasteiger partial charge in [0, 0.05) is 18.0 Å². The van der Waals surface area contributed by atoms with Gasteiger partial charge in [-0.25, -0.2) is 9.97 Å². The van der Waals surface area contributed by atoms with Gasteiger partial charge in [0.1, 0.15) is 6.33 Å². The standard InChI is InChI=1S/C7H7N3/c1-2-7(8)6-3-9-5-10-4-6/h1,3-5,7H,8H2. The van der Waals surface area contributed by atoms with Gasteiger partial charge in [-0.3, -0.25) is 0 Å². The van der Waals surface area contributed by atoms with E-state index in [2.05, 4.69) is 15.9 Å². The van der Waals surface area contributed by atoms with E-state index >= 15 is 0 Å². The topological polar surface area (TPSA) is 51.8 Å². The van der Waals surface area contributed by atoms with Crippen molar-refractivity contribution >= 4 is 0 Å². The maximum atomic E-state index is 5.48. The molecule has 3 heteroatoms. The molecule has 0 saturated carbocycles. The lowest BCUT2D eigenvalue weighted by molar-refractivity contribution is 0.914. The van der Waals surface area contributed by atoms with Crippen molar-refractivity contribution in [3.8, 4) is 12.3 Å². The molecule has 1 aromatic heterocycles. The zero-order valence-electron chi connectivity index (χ0n) is 5.36. The molecule has 50 valence electrons. The summed E-state index contributed by atoms with van der Waals surface area (Å²) < 4.78 is 0. The van der Waals surface area contributed by atoms with Crippen LogP contribution in [0.3, 0.4) is 0 Å². The molecule has 3 nitrogen and oxygen atoms in total. The van der Waals surface area contributed by atoms with Gasteiger partial charge >= 0.3 is 0 Å². The first-order valence-corrected chi connectivity index (χ1v) is 2.81. The highest BCUT2D eigenvalue weighted by atomic mass is 14.8. The van der Waals surface area contributed by atoms with Crippen molar-refractivity contribution in [1.82, 2.24) is 9.97 Å². The SMILES string of the molecule is C#CC(N)c1cncnc1. The van der Waals surface area contributed by atoms with Gasteiger partial charge in [-0.1, -0.05) is 5.92 Å². The molecule has 0 aromatic carbocycles. The average molecular weight is 133 g/mol. The molecular weight excluding hydrogens is 126 g/mol. The fourth-order valence-corrected chi connectivity index (χ4v) is 0.567. The highest BCUT2D eigenvalue weighted by molar-refractivity contribution is 5.18. The Hall–Kier alpha value is -1.40. The van der Waals surface area contributed by atoms with Crippen LogP contribution >= 0.6 is 0 Å². The molecule has 0 saturated heterocycles. The molecule has 1 aromatic rings. The maximum absolute atomic E-state index is 5.48. The van der Waals surface area contributed by atoms with Crippen LogP contribution in [0, 0.1) is 12.3 Å².